The minimum Gasteiger partial charge on any atom is -0.623 e. The summed E-state index contributed by atoms with van der Waals surface area (Å²) in [6, 6.07) is 17.4. The van der Waals surface area contributed by atoms with E-state index in [1.165, 1.54) is 0 Å². The molecule has 0 aromatic heterocycles. The van der Waals surface area contributed by atoms with Crippen LogP contribution in [0, 0.1) is 5.21 Å². The fraction of sp³-hybridized carbons (Fsp3) is 0.0667. The summed E-state index contributed by atoms with van der Waals surface area (Å²) in [6.45, 7) is 0.277. The van der Waals surface area contributed by atoms with Gasteiger partial charge in [0.05, 0.1) is 17.5 Å². The molecule has 3 heteroatoms. The van der Waals surface area contributed by atoms with Gasteiger partial charge in [-0.1, -0.05) is 30.3 Å². The molecule has 3 rings (SSSR count). The normalized spacial score (nSPS) is 14.2. The third-order valence-electron chi connectivity index (χ3n) is 2.93. The quantitative estimate of drug-likeness (QED) is 0.554. The first-order valence-electron chi connectivity index (χ1n) is 5.85. The fourth-order valence-electron chi connectivity index (χ4n) is 2.12. The number of hydroxylamine groups is 1. The molecule has 0 bridgehead atoms. The second kappa shape index (κ2) is 4.45. The lowest BCUT2D eigenvalue weighted by molar-refractivity contribution is -0.437. The zero-order valence-electron chi connectivity index (χ0n) is 9.78. The maximum atomic E-state index is 12.2. The number of aliphatic imine (C=N–C) groups is 1. The maximum Gasteiger partial charge on any atom is 0.228 e. The average molecular weight is 236 g/mol. The minimum atomic E-state index is 0.277. The van der Waals surface area contributed by atoms with Crippen LogP contribution in [0.25, 0.3) is 0 Å². The fourth-order valence-corrected chi connectivity index (χ4v) is 2.12. The Bertz CT molecular complexity index is 630. The van der Waals surface area contributed by atoms with E-state index in [0.717, 1.165) is 21.6 Å². The van der Waals surface area contributed by atoms with Crippen molar-refractivity contribution in [1.29, 1.82) is 0 Å². The Morgan fingerprint density at radius 3 is 2.50 bits per heavy atom. The second-order valence-electron chi connectivity index (χ2n) is 4.10. The number of rotatable bonds is 1. The Hall–Kier alpha value is -2.42. The molecule has 2 aromatic rings. The van der Waals surface area contributed by atoms with Gasteiger partial charge < -0.3 is 5.21 Å². The molecule has 88 valence electrons. The lowest BCUT2D eigenvalue weighted by atomic mass is 10.0. The van der Waals surface area contributed by atoms with Gasteiger partial charge in [0.15, 0.2) is 6.54 Å². The summed E-state index contributed by atoms with van der Waals surface area (Å²) in [4.78, 5) is 4.33. The maximum absolute atomic E-state index is 12.2. The van der Waals surface area contributed by atoms with Gasteiger partial charge in [-0.15, -0.1) is 0 Å². The van der Waals surface area contributed by atoms with Gasteiger partial charge in [-0.05, 0) is 24.3 Å². The summed E-state index contributed by atoms with van der Waals surface area (Å²) in [6.07, 6.45) is 1.65. The van der Waals surface area contributed by atoms with Crippen molar-refractivity contribution >= 4 is 17.6 Å². The molecular weight excluding hydrogens is 224 g/mol. The second-order valence-corrected chi connectivity index (χ2v) is 4.10. The van der Waals surface area contributed by atoms with Crippen molar-refractivity contribution in [1.82, 2.24) is 0 Å². The van der Waals surface area contributed by atoms with Gasteiger partial charge in [0.25, 0.3) is 0 Å². The number of para-hydroxylation sites is 1. The molecule has 0 unspecified atom stereocenters. The van der Waals surface area contributed by atoms with Crippen LogP contribution in [-0.4, -0.2) is 23.2 Å². The summed E-state index contributed by atoms with van der Waals surface area (Å²) in [5.74, 6) is 0. The van der Waals surface area contributed by atoms with E-state index in [4.69, 9.17) is 0 Å². The van der Waals surface area contributed by atoms with Gasteiger partial charge in [-0.3, -0.25) is 4.99 Å². The molecule has 0 amide bonds. The molecular formula is C15H12N2O. The van der Waals surface area contributed by atoms with Gasteiger partial charge in [-0.25, -0.2) is 0 Å². The van der Waals surface area contributed by atoms with Gasteiger partial charge in [0, 0.05) is 5.56 Å². The third-order valence-corrected chi connectivity index (χ3v) is 2.93. The van der Waals surface area contributed by atoms with Crippen molar-refractivity contribution in [2.45, 2.75) is 0 Å². The molecule has 0 N–H and O–H groups in total. The molecule has 0 radical (unpaired) electrons. The van der Waals surface area contributed by atoms with Gasteiger partial charge in [-0.2, -0.15) is 4.74 Å². The predicted molar refractivity (Wildman–Crippen MR) is 72.7 cm³/mol. The first-order valence-corrected chi connectivity index (χ1v) is 5.85. The zero-order chi connectivity index (χ0) is 12.4. The molecule has 0 fully saturated rings. The smallest absolute Gasteiger partial charge is 0.228 e. The third kappa shape index (κ3) is 1.80. The number of hydrogen-bond acceptors (Lipinski definition) is 2. The average Bonchev–Trinajstić information content (AvgIpc) is 2.58. The first kappa shape index (κ1) is 10.7. The number of nitrogens with zero attached hydrogens (tertiary/aromatic N) is 2. The largest absolute Gasteiger partial charge is 0.623 e. The van der Waals surface area contributed by atoms with E-state index in [0.29, 0.717) is 5.71 Å². The van der Waals surface area contributed by atoms with Crippen LogP contribution in [0.15, 0.2) is 59.6 Å². The molecule has 0 spiro atoms. The lowest BCUT2D eigenvalue weighted by Gasteiger charge is -2.09. The summed E-state index contributed by atoms with van der Waals surface area (Å²) < 4.78 is 0.991. The monoisotopic (exact) mass is 236 g/mol. The molecule has 1 aliphatic rings. The SMILES string of the molecule is [O-][N+]1=C(c2ccccc2)c2ccccc2N=CC1. The Morgan fingerprint density at radius 1 is 0.944 bits per heavy atom. The Labute approximate surface area is 105 Å². The van der Waals surface area contributed by atoms with E-state index in [-0.39, 0.29) is 6.54 Å². The number of hydrogen-bond donors (Lipinski definition) is 0. The molecule has 3 nitrogen and oxygen atoms in total. The van der Waals surface area contributed by atoms with Crippen LogP contribution in [0.1, 0.15) is 11.1 Å². The lowest BCUT2D eigenvalue weighted by Crippen LogP contribution is -2.18. The molecule has 1 aliphatic heterocycles. The Kier molecular flexibility index (Phi) is 2.65. The summed E-state index contributed by atoms with van der Waals surface area (Å²) in [5, 5.41) is 12.2. The van der Waals surface area contributed by atoms with Crippen LogP contribution in [0.4, 0.5) is 5.69 Å². The van der Waals surface area contributed by atoms with Crippen molar-refractivity contribution in [3.63, 3.8) is 0 Å². The van der Waals surface area contributed by atoms with E-state index in [9.17, 15) is 5.21 Å². The van der Waals surface area contributed by atoms with E-state index in [1.807, 2.05) is 54.6 Å². The minimum absolute atomic E-state index is 0.277. The van der Waals surface area contributed by atoms with Gasteiger partial charge >= 0.3 is 0 Å². The zero-order valence-corrected chi connectivity index (χ0v) is 9.78. The standard InChI is InChI=1S/C15H12N2O/c18-17-11-10-16-14-9-5-4-8-13(14)15(17)12-6-2-1-3-7-12/h1-10H,11H2. The van der Waals surface area contributed by atoms with Crippen LogP contribution in [0.3, 0.4) is 0 Å². The van der Waals surface area contributed by atoms with Crippen LogP contribution in [0.5, 0.6) is 0 Å². The molecule has 18 heavy (non-hydrogen) atoms. The van der Waals surface area contributed by atoms with Gasteiger partial charge in [0.2, 0.25) is 5.71 Å². The van der Waals surface area contributed by atoms with Crippen LogP contribution in [0.2, 0.25) is 0 Å². The highest BCUT2D eigenvalue weighted by Gasteiger charge is 2.20. The van der Waals surface area contributed by atoms with Crippen molar-refractivity contribution in [3.05, 3.63) is 70.9 Å². The predicted octanol–water partition coefficient (Wildman–Crippen LogP) is 2.75. The molecule has 0 saturated carbocycles. The molecule has 0 aliphatic carbocycles. The van der Waals surface area contributed by atoms with E-state index < -0.39 is 0 Å². The summed E-state index contributed by atoms with van der Waals surface area (Å²) in [7, 11) is 0. The van der Waals surface area contributed by atoms with Crippen LogP contribution < -0.4 is 0 Å². The number of benzene rings is 2. The summed E-state index contributed by atoms with van der Waals surface area (Å²) in [5.41, 5.74) is 3.33. The highest BCUT2D eigenvalue weighted by atomic mass is 16.5. The highest BCUT2D eigenvalue weighted by Crippen LogP contribution is 2.23. The molecule has 0 atom stereocenters. The number of fused-ring (bicyclic) bond motifs is 1. The van der Waals surface area contributed by atoms with E-state index in [2.05, 4.69) is 4.99 Å². The molecule has 1 heterocycles. The topological polar surface area (TPSA) is 38.4 Å². The van der Waals surface area contributed by atoms with Crippen LogP contribution >= 0.6 is 0 Å². The Morgan fingerprint density at radius 2 is 1.67 bits per heavy atom. The van der Waals surface area contributed by atoms with Crippen molar-refractivity contribution < 1.29 is 4.74 Å². The van der Waals surface area contributed by atoms with Crippen molar-refractivity contribution in [2.24, 2.45) is 4.99 Å². The van der Waals surface area contributed by atoms with E-state index >= 15 is 0 Å². The Balaban J connectivity index is 2.25. The first-order chi connectivity index (χ1) is 8.86. The van der Waals surface area contributed by atoms with Crippen LogP contribution in [-0.2, 0) is 0 Å². The van der Waals surface area contributed by atoms with E-state index in [1.54, 1.807) is 6.21 Å². The highest BCUT2D eigenvalue weighted by molar-refractivity contribution is 6.13. The van der Waals surface area contributed by atoms with Crippen molar-refractivity contribution in [3.8, 4) is 0 Å². The molecule has 2 aromatic carbocycles. The van der Waals surface area contributed by atoms with Crippen molar-refractivity contribution in [2.75, 3.05) is 6.54 Å². The van der Waals surface area contributed by atoms with Gasteiger partial charge in [0.1, 0.15) is 0 Å². The summed E-state index contributed by atoms with van der Waals surface area (Å²) >= 11 is 0. The molecule has 0 saturated heterocycles.